The van der Waals surface area contributed by atoms with Gasteiger partial charge in [0.25, 0.3) is 0 Å². The zero-order valence-corrected chi connectivity index (χ0v) is 16.4. The number of fused-ring (bicyclic) bond motifs is 2. The molecule has 28 heavy (non-hydrogen) atoms. The van der Waals surface area contributed by atoms with Crippen LogP contribution >= 0.6 is 0 Å². The Bertz CT molecular complexity index is 1170. The van der Waals surface area contributed by atoms with Crippen molar-refractivity contribution in [2.24, 2.45) is 0 Å². The number of rotatable bonds is 5. The molecule has 6 nitrogen and oxygen atoms in total. The van der Waals surface area contributed by atoms with Gasteiger partial charge in [0.05, 0.1) is 4.90 Å². The first-order valence-corrected chi connectivity index (χ1v) is 10.8. The Morgan fingerprint density at radius 3 is 2.71 bits per heavy atom. The smallest absolute Gasteiger partial charge is 0.336 e. The predicted molar refractivity (Wildman–Crippen MR) is 108 cm³/mol. The average Bonchev–Trinajstić information content (AvgIpc) is 2.71. The van der Waals surface area contributed by atoms with Gasteiger partial charge in [0.1, 0.15) is 5.58 Å². The van der Waals surface area contributed by atoms with Gasteiger partial charge in [-0.3, -0.25) is 4.90 Å². The van der Waals surface area contributed by atoms with Crippen molar-refractivity contribution in [3.63, 3.8) is 0 Å². The molecule has 1 aliphatic rings. The first-order valence-electron chi connectivity index (χ1n) is 9.27. The van der Waals surface area contributed by atoms with Gasteiger partial charge in [-0.25, -0.2) is 17.9 Å². The lowest BCUT2D eigenvalue weighted by atomic mass is 9.99. The van der Waals surface area contributed by atoms with Gasteiger partial charge in [-0.15, -0.1) is 0 Å². The van der Waals surface area contributed by atoms with Crippen molar-refractivity contribution < 1.29 is 12.8 Å². The fraction of sp³-hybridized carbons (Fsp3) is 0.286. The third-order valence-electron chi connectivity index (χ3n) is 5.25. The van der Waals surface area contributed by atoms with Gasteiger partial charge in [-0.2, -0.15) is 0 Å². The predicted octanol–water partition coefficient (Wildman–Crippen LogP) is 2.52. The minimum absolute atomic E-state index is 0.0709. The van der Waals surface area contributed by atoms with Crippen LogP contribution in [0.3, 0.4) is 0 Å². The summed E-state index contributed by atoms with van der Waals surface area (Å²) >= 11 is 0. The maximum Gasteiger partial charge on any atom is 0.336 e. The van der Waals surface area contributed by atoms with E-state index in [1.54, 1.807) is 6.07 Å². The number of hydrogen-bond donors (Lipinski definition) is 1. The minimum Gasteiger partial charge on any atom is -0.423 e. The van der Waals surface area contributed by atoms with E-state index in [9.17, 15) is 13.2 Å². The molecular weight excluding hydrogens is 376 g/mol. The van der Waals surface area contributed by atoms with Crippen molar-refractivity contribution in [2.75, 3.05) is 13.1 Å². The maximum atomic E-state index is 12.7. The molecule has 0 fully saturated rings. The lowest BCUT2D eigenvalue weighted by Gasteiger charge is -2.33. The molecule has 2 aromatic carbocycles. The molecule has 1 N–H and O–H groups in total. The van der Waals surface area contributed by atoms with Crippen molar-refractivity contribution in [1.82, 2.24) is 9.62 Å². The van der Waals surface area contributed by atoms with Crippen molar-refractivity contribution in [1.29, 1.82) is 0 Å². The summed E-state index contributed by atoms with van der Waals surface area (Å²) in [4.78, 5) is 13.7. The lowest BCUT2D eigenvalue weighted by molar-refractivity contribution is 0.192. The summed E-state index contributed by atoms with van der Waals surface area (Å²) in [5, 5.41) is 0.572. The fourth-order valence-electron chi connectivity index (χ4n) is 3.55. The van der Waals surface area contributed by atoms with Crippen LogP contribution in [0, 0.1) is 0 Å². The normalized spacial score (nSPS) is 16.0. The van der Waals surface area contributed by atoms with Crippen molar-refractivity contribution in [3.05, 3.63) is 76.1 Å². The Kier molecular flexibility index (Phi) is 5.05. The molecule has 0 saturated heterocycles. The molecular formula is C21H22N2O4S. The van der Waals surface area contributed by atoms with Gasteiger partial charge >= 0.3 is 5.63 Å². The van der Waals surface area contributed by atoms with E-state index < -0.39 is 15.6 Å². The van der Waals surface area contributed by atoms with Gasteiger partial charge < -0.3 is 4.42 Å². The summed E-state index contributed by atoms with van der Waals surface area (Å²) in [5.74, 6) is 0. The van der Waals surface area contributed by atoms with Gasteiger partial charge in [-0.05, 0) is 48.7 Å². The highest BCUT2D eigenvalue weighted by molar-refractivity contribution is 7.89. The number of hydrogen-bond acceptors (Lipinski definition) is 5. The number of nitrogens with zero attached hydrogens (tertiary/aromatic N) is 1. The van der Waals surface area contributed by atoms with E-state index in [-0.39, 0.29) is 10.9 Å². The molecule has 0 bridgehead atoms. The summed E-state index contributed by atoms with van der Waals surface area (Å²) in [6.45, 7) is 4.10. The second-order valence-corrected chi connectivity index (χ2v) is 8.91. The van der Waals surface area contributed by atoms with Gasteiger partial charge in [0.2, 0.25) is 10.0 Å². The Hall–Kier alpha value is -2.48. The molecule has 4 rings (SSSR count). The summed E-state index contributed by atoms with van der Waals surface area (Å²) < 4.78 is 33.2. The van der Waals surface area contributed by atoms with Gasteiger partial charge in [-0.1, -0.05) is 24.3 Å². The van der Waals surface area contributed by atoms with Crippen LogP contribution in [-0.2, 0) is 23.0 Å². The van der Waals surface area contributed by atoms with Crippen LogP contribution in [0.15, 0.2) is 68.7 Å². The summed E-state index contributed by atoms with van der Waals surface area (Å²) in [5.41, 5.74) is 2.58. The molecule has 0 saturated carbocycles. The van der Waals surface area contributed by atoms with Crippen molar-refractivity contribution >= 4 is 21.0 Å². The van der Waals surface area contributed by atoms with E-state index in [0.717, 1.165) is 19.5 Å². The standard InChI is InChI=1S/C21H22N2O4S/c1-15(23-11-10-16-4-2-3-5-18(16)14-23)13-22-28(25,26)19-7-8-20-17(12-19)6-9-21(24)27-20/h2-9,12,15,22H,10-11,13-14H2,1H3. The first-order chi connectivity index (χ1) is 13.4. The second-order valence-electron chi connectivity index (χ2n) is 7.14. The van der Waals surface area contributed by atoms with Crippen LogP contribution < -0.4 is 10.3 Å². The average molecular weight is 398 g/mol. The monoisotopic (exact) mass is 398 g/mol. The summed E-state index contributed by atoms with van der Waals surface area (Å²) in [6, 6.07) is 15.8. The SMILES string of the molecule is CC(CNS(=O)(=O)c1ccc2oc(=O)ccc2c1)N1CCc2ccccc2C1. The second kappa shape index (κ2) is 7.50. The molecule has 1 aliphatic heterocycles. The van der Waals surface area contributed by atoms with Crippen molar-refractivity contribution in [3.8, 4) is 0 Å². The maximum absolute atomic E-state index is 12.7. The third kappa shape index (κ3) is 3.87. The molecule has 1 atom stereocenters. The van der Waals surface area contributed by atoms with E-state index in [1.165, 1.54) is 35.4 Å². The number of sulfonamides is 1. The molecule has 1 unspecified atom stereocenters. The molecule has 146 valence electrons. The molecule has 2 heterocycles. The van der Waals surface area contributed by atoms with Crippen LogP contribution in [0.1, 0.15) is 18.1 Å². The fourth-order valence-corrected chi connectivity index (χ4v) is 4.71. The van der Waals surface area contributed by atoms with Gasteiger partial charge in [0.15, 0.2) is 0 Å². The van der Waals surface area contributed by atoms with E-state index in [0.29, 0.717) is 17.5 Å². The van der Waals surface area contributed by atoms with Crippen LogP contribution in [0.25, 0.3) is 11.0 Å². The Balaban J connectivity index is 1.45. The minimum atomic E-state index is -3.65. The van der Waals surface area contributed by atoms with Crippen LogP contribution in [0.2, 0.25) is 0 Å². The topological polar surface area (TPSA) is 79.6 Å². The molecule has 0 spiro atoms. The molecule has 0 aliphatic carbocycles. The first kappa shape index (κ1) is 18.9. The Morgan fingerprint density at radius 2 is 1.89 bits per heavy atom. The van der Waals surface area contributed by atoms with E-state index in [4.69, 9.17) is 4.42 Å². The molecule has 3 aromatic rings. The number of benzene rings is 2. The Morgan fingerprint density at radius 1 is 1.11 bits per heavy atom. The highest BCUT2D eigenvalue weighted by Crippen LogP contribution is 2.21. The Labute approximate surface area is 163 Å². The molecule has 1 aromatic heterocycles. The highest BCUT2D eigenvalue weighted by atomic mass is 32.2. The highest BCUT2D eigenvalue weighted by Gasteiger charge is 2.22. The van der Waals surface area contributed by atoms with Crippen LogP contribution in [0.5, 0.6) is 0 Å². The third-order valence-corrected chi connectivity index (χ3v) is 6.67. The molecule has 7 heteroatoms. The zero-order chi connectivity index (χ0) is 19.7. The molecule has 0 radical (unpaired) electrons. The van der Waals surface area contributed by atoms with E-state index in [1.807, 2.05) is 13.0 Å². The van der Waals surface area contributed by atoms with Gasteiger partial charge in [0, 0.05) is 37.1 Å². The van der Waals surface area contributed by atoms with E-state index in [2.05, 4.69) is 27.8 Å². The zero-order valence-electron chi connectivity index (χ0n) is 15.6. The quantitative estimate of drug-likeness (QED) is 0.668. The lowest BCUT2D eigenvalue weighted by Crippen LogP contribution is -2.44. The van der Waals surface area contributed by atoms with E-state index >= 15 is 0 Å². The summed E-state index contributed by atoms with van der Waals surface area (Å²) in [7, 11) is -3.65. The molecule has 0 amide bonds. The van der Waals surface area contributed by atoms with Crippen molar-refractivity contribution in [2.45, 2.75) is 30.8 Å². The summed E-state index contributed by atoms with van der Waals surface area (Å²) in [6.07, 6.45) is 0.975. The van der Waals surface area contributed by atoms with Crippen LogP contribution in [-0.4, -0.2) is 32.4 Å². The number of nitrogens with one attached hydrogen (secondary N) is 1. The van der Waals surface area contributed by atoms with Crippen LogP contribution in [0.4, 0.5) is 0 Å². The largest absolute Gasteiger partial charge is 0.423 e.